The van der Waals surface area contributed by atoms with E-state index < -0.39 is 54.7 Å². The lowest BCUT2D eigenvalue weighted by Gasteiger charge is -2.54. The van der Waals surface area contributed by atoms with E-state index in [-0.39, 0.29) is 30.0 Å². The highest BCUT2D eigenvalue weighted by Gasteiger charge is 2.71. The summed E-state index contributed by atoms with van der Waals surface area (Å²) in [6, 6.07) is 10.3. The van der Waals surface area contributed by atoms with Gasteiger partial charge in [0.05, 0.1) is 25.4 Å². The molecule has 0 bridgehead atoms. The summed E-state index contributed by atoms with van der Waals surface area (Å²) in [5.74, 6) is -3.46. The molecule has 41 heavy (non-hydrogen) atoms. The molecule has 212 valence electrons. The summed E-state index contributed by atoms with van der Waals surface area (Å²) in [4.78, 5) is 50.5. The van der Waals surface area contributed by atoms with Crippen molar-refractivity contribution in [2.75, 3.05) is 7.11 Å². The monoisotopic (exact) mass is 699 g/mol. The van der Waals surface area contributed by atoms with E-state index in [1.807, 2.05) is 0 Å². The zero-order chi connectivity index (χ0) is 29.6. The van der Waals surface area contributed by atoms with Crippen LogP contribution in [-0.4, -0.2) is 47.5 Å². The first-order valence-corrected chi connectivity index (χ1v) is 14.5. The fraction of sp³-hybridized carbons (Fsp3) is 0.259. The van der Waals surface area contributed by atoms with Gasteiger partial charge in [-0.1, -0.05) is 63.4 Å². The molecule has 2 aromatic carbocycles. The third-order valence-corrected chi connectivity index (χ3v) is 10.6. The van der Waals surface area contributed by atoms with Gasteiger partial charge in [-0.25, -0.2) is 23.5 Å². The number of nitrogens with zero attached hydrogens (tertiary/aromatic N) is 3. The van der Waals surface area contributed by atoms with Crippen molar-refractivity contribution in [1.82, 2.24) is 13.9 Å². The summed E-state index contributed by atoms with van der Waals surface area (Å²) in [7, 11) is 1.34. The number of hydrogen-bond donors (Lipinski definition) is 1. The molecule has 0 saturated heterocycles. The molecule has 1 fully saturated rings. The number of ketones is 2. The van der Waals surface area contributed by atoms with Crippen LogP contribution in [0.4, 0.5) is 0 Å². The Morgan fingerprint density at radius 2 is 1.66 bits per heavy atom. The SMILES string of the molecule is COc1cc(Br)cc(C2C3=CCn4c(=O)n(-c5ccccc5)c(=O)n4C3CC3(Cl)C(=O)C(Cl)=C(Cl)C(=O)C23Cl)c1O. The maximum atomic E-state index is 13.9. The summed E-state index contributed by atoms with van der Waals surface area (Å²) >= 11 is 30.2. The number of rotatable bonds is 3. The zero-order valence-corrected chi connectivity index (χ0v) is 25.5. The lowest BCUT2D eigenvalue weighted by molar-refractivity contribution is -0.128. The maximum Gasteiger partial charge on any atom is 0.352 e. The predicted octanol–water partition coefficient (Wildman–Crippen LogP) is 4.74. The fourth-order valence-corrected chi connectivity index (χ4v) is 8.05. The number of methoxy groups -OCH3 is 1. The minimum atomic E-state index is -2.28. The Bertz CT molecular complexity index is 1860. The van der Waals surface area contributed by atoms with Gasteiger partial charge < -0.3 is 9.84 Å². The van der Waals surface area contributed by atoms with Crippen molar-refractivity contribution >= 4 is 73.9 Å². The number of aromatic nitrogens is 3. The van der Waals surface area contributed by atoms with Crippen LogP contribution in [0.25, 0.3) is 5.69 Å². The van der Waals surface area contributed by atoms with Crippen LogP contribution in [0, 0.1) is 0 Å². The first-order valence-electron chi connectivity index (χ1n) is 12.2. The second kappa shape index (κ2) is 9.64. The Hall–Kier alpha value is -2.76. The lowest BCUT2D eigenvalue weighted by atomic mass is 9.59. The molecule has 4 unspecified atom stereocenters. The molecule has 1 aliphatic heterocycles. The van der Waals surface area contributed by atoms with Crippen LogP contribution in [0.5, 0.6) is 11.5 Å². The van der Waals surface area contributed by atoms with Gasteiger partial charge in [-0.05, 0) is 29.8 Å². The molecule has 6 rings (SSSR count). The van der Waals surface area contributed by atoms with E-state index in [1.54, 1.807) is 36.4 Å². The molecule has 1 saturated carbocycles. The number of carbonyl (C=O) groups is 2. The molecule has 9 nitrogen and oxygen atoms in total. The van der Waals surface area contributed by atoms with Crippen molar-refractivity contribution in [1.29, 1.82) is 0 Å². The highest BCUT2D eigenvalue weighted by molar-refractivity contribution is 9.10. The predicted molar refractivity (Wildman–Crippen MR) is 157 cm³/mol. The second-order valence-electron chi connectivity index (χ2n) is 9.86. The Morgan fingerprint density at radius 3 is 2.32 bits per heavy atom. The summed E-state index contributed by atoms with van der Waals surface area (Å²) in [5.41, 5.74) is -0.499. The molecule has 0 amide bonds. The summed E-state index contributed by atoms with van der Waals surface area (Å²) in [6.45, 7) is -0.0726. The summed E-state index contributed by atoms with van der Waals surface area (Å²) < 4.78 is 9.22. The Balaban J connectivity index is 1.68. The molecule has 0 radical (unpaired) electrons. The van der Waals surface area contributed by atoms with Crippen molar-refractivity contribution in [3.05, 3.63) is 95.2 Å². The van der Waals surface area contributed by atoms with Crippen molar-refractivity contribution in [2.24, 2.45) is 0 Å². The summed E-state index contributed by atoms with van der Waals surface area (Å²) in [6.07, 6.45) is 1.26. The van der Waals surface area contributed by atoms with Gasteiger partial charge in [0.1, 0.15) is 19.8 Å². The number of hydrogen-bond acceptors (Lipinski definition) is 6. The Kier molecular flexibility index (Phi) is 6.67. The van der Waals surface area contributed by atoms with E-state index in [1.165, 1.54) is 28.6 Å². The van der Waals surface area contributed by atoms with Crippen LogP contribution in [-0.2, 0) is 16.1 Å². The van der Waals surface area contributed by atoms with E-state index in [4.69, 9.17) is 51.1 Å². The van der Waals surface area contributed by atoms with Crippen LogP contribution in [0.3, 0.4) is 0 Å². The van der Waals surface area contributed by atoms with Crippen LogP contribution >= 0.6 is 62.3 Å². The largest absolute Gasteiger partial charge is 0.504 e. The van der Waals surface area contributed by atoms with Gasteiger partial charge >= 0.3 is 11.4 Å². The van der Waals surface area contributed by atoms with Crippen LogP contribution in [0.2, 0.25) is 0 Å². The van der Waals surface area contributed by atoms with Gasteiger partial charge in [0.15, 0.2) is 23.1 Å². The van der Waals surface area contributed by atoms with E-state index in [0.717, 1.165) is 4.57 Å². The fourth-order valence-electron chi connectivity index (χ4n) is 6.08. The molecule has 0 spiro atoms. The maximum absolute atomic E-state index is 13.9. The quantitative estimate of drug-likeness (QED) is 0.312. The molecule has 1 aromatic heterocycles. The van der Waals surface area contributed by atoms with Gasteiger partial charge in [-0.2, -0.15) is 0 Å². The van der Waals surface area contributed by atoms with Gasteiger partial charge in [-0.3, -0.25) is 9.59 Å². The Morgan fingerprint density at radius 1 is 1.00 bits per heavy atom. The number of carbonyl (C=O) groups excluding carboxylic acids is 2. The minimum absolute atomic E-state index is 0.0481. The average Bonchev–Trinajstić information content (AvgIpc) is 3.22. The number of fused-ring (bicyclic) bond motifs is 4. The van der Waals surface area contributed by atoms with Crippen molar-refractivity contribution in [3.63, 3.8) is 0 Å². The number of halogens is 5. The highest BCUT2D eigenvalue weighted by Crippen LogP contribution is 2.65. The number of allylic oxidation sites excluding steroid dienone is 4. The molecule has 1 N–H and O–H groups in total. The summed E-state index contributed by atoms with van der Waals surface area (Å²) in [5, 5.41) is 10.1. The van der Waals surface area contributed by atoms with E-state index in [2.05, 4.69) is 15.9 Å². The van der Waals surface area contributed by atoms with Gasteiger partial charge in [0.2, 0.25) is 0 Å². The van der Waals surface area contributed by atoms with Crippen molar-refractivity contribution in [2.45, 2.75) is 34.7 Å². The molecule has 2 heterocycles. The molecule has 3 aromatic rings. The lowest BCUT2D eigenvalue weighted by Crippen LogP contribution is -2.67. The van der Waals surface area contributed by atoms with E-state index >= 15 is 0 Å². The average molecular weight is 702 g/mol. The molecule has 3 aliphatic rings. The topological polar surface area (TPSA) is 113 Å². The first kappa shape index (κ1) is 28.4. The molecule has 4 atom stereocenters. The molecule has 2 aliphatic carbocycles. The molecule has 14 heteroatoms. The number of Topliss-reactive ketones (excluding diaryl/α,β-unsaturated/α-hetero) is 2. The number of benzene rings is 2. The standard InChI is InChI=1S/C27H18BrCl4N3O6/c1-41-17-10-12(28)9-15(21(17)36)18-14-7-8-33-24(39)34(13-5-3-2-4-6-13)25(40)35(33)16(14)11-26(31)22(37)19(29)20(30)23(38)27(18,26)32/h2-7,9-10,16,18,36H,8,11H2,1H3. The molecular formula is C27H18BrCl4N3O6. The number of aromatic hydroxyl groups is 1. The second-order valence-corrected chi connectivity index (χ2v) is 12.8. The first-order chi connectivity index (χ1) is 19.4. The smallest absolute Gasteiger partial charge is 0.352 e. The number of para-hydroxylation sites is 1. The minimum Gasteiger partial charge on any atom is -0.504 e. The van der Waals surface area contributed by atoms with E-state index in [9.17, 15) is 24.3 Å². The van der Waals surface area contributed by atoms with Gasteiger partial charge in [-0.15, -0.1) is 23.2 Å². The number of alkyl halides is 2. The van der Waals surface area contributed by atoms with Gasteiger partial charge in [0.25, 0.3) is 0 Å². The normalized spacial score (nSPS) is 27.2. The van der Waals surface area contributed by atoms with Crippen LogP contribution in [0.1, 0.15) is 23.9 Å². The highest BCUT2D eigenvalue weighted by atomic mass is 79.9. The number of phenols is 1. The van der Waals surface area contributed by atoms with Crippen LogP contribution < -0.4 is 16.1 Å². The molecular weight excluding hydrogens is 684 g/mol. The number of ether oxygens (including phenoxy) is 1. The third kappa shape index (κ3) is 3.67. The van der Waals surface area contributed by atoms with Gasteiger partial charge in [0, 0.05) is 22.4 Å². The zero-order valence-electron chi connectivity index (χ0n) is 20.9. The van der Waals surface area contributed by atoms with E-state index in [0.29, 0.717) is 15.7 Å². The third-order valence-electron chi connectivity index (χ3n) is 7.92. The van der Waals surface area contributed by atoms with Crippen molar-refractivity contribution < 1.29 is 19.4 Å². The van der Waals surface area contributed by atoms with Crippen LogP contribution in [0.15, 0.2) is 78.2 Å². The van der Waals surface area contributed by atoms with Crippen molar-refractivity contribution in [3.8, 4) is 17.2 Å². The Labute approximate surface area is 260 Å². The number of phenolic OH excluding ortho intramolecular Hbond substituents is 1.